The summed E-state index contributed by atoms with van der Waals surface area (Å²) in [6, 6.07) is 8.56. The first-order valence-corrected chi connectivity index (χ1v) is 6.17. The highest BCUT2D eigenvalue weighted by Gasteiger charge is 2.21. The molecule has 3 N–H and O–H groups in total. The molecule has 0 saturated carbocycles. The molecular weight excluding hydrogens is 262 g/mol. The average molecular weight is 275 g/mol. The van der Waals surface area contributed by atoms with E-state index in [4.69, 9.17) is 9.47 Å². The molecule has 2 heterocycles. The Morgan fingerprint density at radius 3 is 2.85 bits per heavy atom. The first kappa shape index (κ1) is 12.3. The van der Waals surface area contributed by atoms with Crippen LogP contribution in [0.1, 0.15) is 10.5 Å². The number of aromatic nitrogens is 2. The van der Waals surface area contributed by atoms with Crippen molar-refractivity contribution in [2.45, 2.75) is 6.10 Å². The van der Waals surface area contributed by atoms with Gasteiger partial charge in [0.25, 0.3) is 11.5 Å². The topological polar surface area (TPSA) is 96.2 Å². The number of benzene rings is 1. The predicted octanol–water partition coefficient (Wildman–Crippen LogP) is 0.273. The number of amides is 1. The number of hydrogen-bond acceptors (Lipinski definition) is 4. The van der Waals surface area contributed by atoms with E-state index in [1.807, 2.05) is 24.3 Å². The molecule has 20 heavy (non-hydrogen) atoms. The summed E-state index contributed by atoms with van der Waals surface area (Å²) in [5, 5.41) is 7.47. The number of aromatic amines is 2. The van der Waals surface area contributed by atoms with Gasteiger partial charge in [0, 0.05) is 6.07 Å². The fourth-order valence-corrected chi connectivity index (χ4v) is 1.92. The maximum absolute atomic E-state index is 11.7. The summed E-state index contributed by atoms with van der Waals surface area (Å²) in [4.78, 5) is 22.7. The SMILES string of the molecule is O=C(NCC1COc2ccccc2O1)c1cc(=O)[nH][nH]1. The molecule has 0 saturated heterocycles. The monoisotopic (exact) mass is 275 g/mol. The lowest BCUT2D eigenvalue weighted by Gasteiger charge is -2.26. The fourth-order valence-electron chi connectivity index (χ4n) is 1.92. The normalized spacial score (nSPS) is 16.7. The number of ether oxygens (including phenoxy) is 2. The molecule has 7 nitrogen and oxygen atoms in total. The Kier molecular flexibility index (Phi) is 3.16. The Bertz CT molecular complexity index is 676. The van der Waals surface area contributed by atoms with Gasteiger partial charge in [-0.25, -0.2) is 0 Å². The molecule has 1 aromatic heterocycles. The van der Waals surface area contributed by atoms with E-state index in [-0.39, 0.29) is 23.3 Å². The maximum atomic E-state index is 11.7. The van der Waals surface area contributed by atoms with Crippen LogP contribution in [-0.2, 0) is 0 Å². The van der Waals surface area contributed by atoms with Gasteiger partial charge in [-0.1, -0.05) is 12.1 Å². The third-order valence-corrected chi connectivity index (χ3v) is 2.90. The van der Waals surface area contributed by atoms with Crippen LogP contribution in [0.25, 0.3) is 0 Å². The molecule has 0 radical (unpaired) electrons. The van der Waals surface area contributed by atoms with Gasteiger partial charge in [0.2, 0.25) is 0 Å². The highest BCUT2D eigenvalue weighted by atomic mass is 16.6. The number of rotatable bonds is 3. The molecule has 2 aromatic rings. The van der Waals surface area contributed by atoms with Gasteiger partial charge in [-0.3, -0.25) is 19.8 Å². The van der Waals surface area contributed by atoms with Gasteiger partial charge < -0.3 is 14.8 Å². The van der Waals surface area contributed by atoms with E-state index >= 15 is 0 Å². The summed E-state index contributed by atoms with van der Waals surface area (Å²) >= 11 is 0. The standard InChI is InChI=1S/C13H13N3O4/c17-12-5-9(15-16-12)13(18)14-6-8-7-19-10-3-1-2-4-11(10)20-8/h1-5,8H,6-7H2,(H,14,18)(H2,15,16,17). The van der Waals surface area contributed by atoms with Crippen LogP contribution >= 0.6 is 0 Å². The van der Waals surface area contributed by atoms with Gasteiger partial charge in [0.05, 0.1) is 6.54 Å². The van der Waals surface area contributed by atoms with E-state index < -0.39 is 0 Å². The first-order chi connectivity index (χ1) is 9.72. The molecule has 104 valence electrons. The second kappa shape index (κ2) is 5.12. The van der Waals surface area contributed by atoms with Gasteiger partial charge in [0.1, 0.15) is 18.4 Å². The minimum atomic E-state index is -0.370. The number of fused-ring (bicyclic) bond motifs is 1. The van der Waals surface area contributed by atoms with Crippen molar-refractivity contribution >= 4 is 5.91 Å². The molecule has 7 heteroatoms. The molecule has 0 aliphatic carbocycles. The first-order valence-electron chi connectivity index (χ1n) is 6.17. The summed E-state index contributed by atoms with van der Waals surface area (Å²) in [5.41, 5.74) is -0.159. The lowest BCUT2D eigenvalue weighted by Crippen LogP contribution is -2.40. The molecule has 1 atom stereocenters. The molecule has 0 spiro atoms. The molecule has 1 aliphatic heterocycles. The fraction of sp³-hybridized carbons (Fsp3) is 0.231. The largest absolute Gasteiger partial charge is 0.486 e. The summed E-state index contributed by atoms with van der Waals surface area (Å²) in [7, 11) is 0. The summed E-state index contributed by atoms with van der Waals surface area (Å²) < 4.78 is 11.2. The lowest BCUT2D eigenvalue weighted by atomic mass is 10.2. The van der Waals surface area contributed by atoms with Crippen LogP contribution in [0.2, 0.25) is 0 Å². The summed E-state index contributed by atoms with van der Waals surface area (Å²) in [6.07, 6.45) is -0.264. The third kappa shape index (κ3) is 2.51. The van der Waals surface area contributed by atoms with Crippen molar-refractivity contribution in [3.63, 3.8) is 0 Å². The average Bonchev–Trinajstić information content (AvgIpc) is 2.91. The Hall–Kier alpha value is -2.70. The summed E-state index contributed by atoms with van der Waals surface area (Å²) in [6.45, 7) is 0.654. The van der Waals surface area contributed by atoms with Crippen LogP contribution in [0.5, 0.6) is 11.5 Å². The van der Waals surface area contributed by atoms with E-state index in [0.717, 1.165) is 0 Å². The van der Waals surface area contributed by atoms with Crippen molar-refractivity contribution in [3.05, 3.63) is 46.4 Å². The van der Waals surface area contributed by atoms with Crippen LogP contribution in [0, 0.1) is 0 Å². The molecule has 1 unspecified atom stereocenters. The van der Waals surface area contributed by atoms with Crippen LogP contribution in [0.3, 0.4) is 0 Å². The van der Waals surface area contributed by atoms with E-state index in [1.165, 1.54) is 6.07 Å². The van der Waals surface area contributed by atoms with Crippen molar-refractivity contribution in [1.82, 2.24) is 15.5 Å². The molecule has 0 fully saturated rings. The highest BCUT2D eigenvalue weighted by molar-refractivity contribution is 5.92. The molecule has 1 aliphatic rings. The van der Waals surface area contributed by atoms with E-state index in [1.54, 1.807) is 0 Å². The van der Waals surface area contributed by atoms with Gasteiger partial charge in [0.15, 0.2) is 11.5 Å². The minimum absolute atomic E-state index is 0.187. The zero-order valence-electron chi connectivity index (χ0n) is 10.5. The highest BCUT2D eigenvalue weighted by Crippen LogP contribution is 2.30. The van der Waals surface area contributed by atoms with Crippen LogP contribution in [0.4, 0.5) is 0 Å². The number of carbonyl (C=O) groups is 1. The van der Waals surface area contributed by atoms with Crippen molar-refractivity contribution in [2.24, 2.45) is 0 Å². The van der Waals surface area contributed by atoms with Gasteiger partial charge in [-0.15, -0.1) is 0 Å². The van der Waals surface area contributed by atoms with Gasteiger partial charge >= 0.3 is 0 Å². The van der Waals surface area contributed by atoms with E-state index in [2.05, 4.69) is 15.5 Å². The zero-order chi connectivity index (χ0) is 13.9. The van der Waals surface area contributed by atoms with E-state index in [9.17, 15) is 9.59 Å². The Balaban J connectivity index is 1.58. The lowest BCUT2D eigenvalue weighted by molar-refractivity contribution is 0.0786. The zero-order valence-corrected chi connectivity index (χ0v) is 10.5. The molecular formula is C13H13N3O4. The second-order valence-electron chi connectivity index (χ2n) is 4.38. The van der Waals surface area contributed by atoms with Crippen LogP contribution in [0.15, 0.2) is 35.1 Å². The van der Waals surface area contributed by atoms with Crippen LogP contribution in [-0.4, -0.2) is 35.4 Å². The van der Waals surface area contributed by atoms with Gasteiger partial charge in [-0.05, 0) is 12.1 Å². The maximum Gasteiger partial charge on any atom is 0.269 e. The van der Waals surface area contributed by atoms with Gasteiger partial charge in [-0.2, -0.15) is 0 Å². The quantitative estimate of drug-likeness (QED) is 0.749. The third-order valence-electron chi connectivity index (χ3n) is 2.90. The number of para-hydroxylation sites is 2. The molecule has 0 bridgehead atoms. The van der Waals surface area contributed by atoms with E-state index in [0.29, 0.717) is 24.7 Å². The molecule has 1 aromatic carbocycles. The smallest absolute Gasteiger partial charge is 0.269 e. The number of nitrogens with one attached hydrogen (secondary N) is 3. The number of hydrogen-bond donors (Lipinski definition) is 3. The Morgan fingerprint density at radius 2 is 2.10 bits per heavy atom. The number of carbonyl (C=O) groups excluding carboxylic acids is 1. The minimum Gasteiger partial charge on any atom is -0.486 e. The molecule has 1 amide bonds. The molecule has 3 rings (SSSR count). The van der Waals surface area contributed by atoms with Crippen LogP contribution < -0.4 is 20.3 Å². The predicted molar refractivity (Wildman–Crippen MR) is 70.1 cm³/mol. The second-order valence-corrected chi connectivity index (χ2v) is 4.38. The van der Waals surface area contributed by atoms with Crippen molar-refractivity contribution in [1.29, 1.82) is 0 Å². The number of H-pyrrole nitrogens is 2. The Morgan fingerprint density at radius 1 is 1.30 bits per heavy atom. The van der Waals surface area contributed by atoms with Crippen molar-refractivity contribution in [3.8, 4) is 11.5 Å². The Labute approximate surface area is 113 Å². The summed E-state index contributed by atoms with van der Waals surface area (Å²) in [5.74, 6) is 0.990. The van der Waals surface area contributed by atoms with Crippen molar-refractivity contribution < 1.29 is 14.3 Å². The van der Waals surface area contributed by atoms with Crippen molar-refractivity contribution in [2.75, 3.05) is 13.2 Å².